The SMILES string of the molecule is CC[C@H](O)CN1CC[C@H](N(Cc2noc(C3CC3)n2)C(C)=O)C1. The van der Waals surface area contributed by atoms with E-state index in [1.54, 1.807) is 6.92 Å². The van der Waals surface area contributed by atoms with Crippen molar-refractivity contribution >= 4 is 5.91 Å². The van der Waals surface area contributed by atoms with Crippen LogP contribution in [-0.2, 0) is 11.3 Å². The van der Waals surface area contributed by atoms with Gasteiger partial charge in [-0.3, -0.25) is 9.69 Å². The third kappa shape index (κ3) is 4.09. The van der Waals surface area contributed by atoms with Crippen LogP contribution in [0.1, 0.15) is 57.2 Å². The predicted octanol–water partition coefficient (Wildman–Crippen LogP) is 1.14. The number of hydrogen-bond acceptors (Lipinski definition) is 6. The van der Waals surface area contributed by atoms with Gasteiger partial charge in [-0.05, 0) is 25.7 Å². The second kappa shape index (κ2) is 6.97. The molecule has 0 bridgehead atoms. The Morgan fingerprint density at radius 2 is 2.26 bits per heavy atom. The first-order valence-electron chi connectivity index (χ1n) is 8.57. The molecule has 2 aliphatic rings. The molecule has 1 amide bonds. The summed E-state index contributed by atoms with van der Waals surface area (Å²) in [6.45, 7) is 6.35. The van der Waals surface area contributed by atoms with Crippen molar-refractivity contribution in [3.05, 3.63) is 11.7 Å². The molecule has 1 aliphatic carbocycles. The van der Waals surface area contributed by atoms with Crippen molar-refractivity contribution in [2.24, 2.45) is 0 Å². The topological polar surface area (TPSA) is 82.7 Å². The molecule has 1 aliphatic heterocycles. The lowest BCUT2D eigenvalue weighted by Gasteiger charge is -2.27. The number of aliphatic hydroxyl groups is 1. The Labute approximate surface area is 136 Å². The molecule has 3 rings (SSSR count). The van der Waals surface area contributed by atoms with E-state index in [4.69, 9.17) is 4.52 Å². The fourth-order valence-electron chi connectivity index (χ4n) is 3.14. The number of nitrogens with zero attached hydrogens (tertiary/aromatic N) is 4. The molecule has 0 unspecified atom stereocenters. The molecular formula is C16H26N4O3. The van der Waals surface area contributed by atoms with Crippen molar-refractivity contribution in [3.63, 3.8) is 0 Å². The van der Waals surface area contributed by atoms with Crippen LogP contribution in [0.25, 0.3) is 0 Å². The van der Waals surface area contributed by atoms with E-state index in [9.17, 15) is 9.90 Å². The molecule has 1 saturated carbocycles. The zero-order valence-electron chi connectivity index (χ0n) is 13.9. The van der Waals surface area contributed by atoms with Crippen molar-refractivity contribution in [2.75, 3.05) is 19.6 Å². The summed E-state index contributed by atoms with van der Waals surface area (Å²) in [6.07, 6.45) is 3.62. The van der Waals surface area contributed by atoms with Crippen LogP contribution in [0.4, 0.5) is 0 Å². The Balaban J connectivity index is 1.59. The number of hydrogen-bond donors (Lipinski definition) is 1. The van der Waals surface area contributed by atoms with E-state index in [1.165, 1.54) is 0 Å². The zero-order valence-corrected chi connectivity index (χ0v) is 13.9. The Hall–Kier alpha value is -1.47. The molecule has 128 valence electrons. The third-order valence-electron chi connectivity index (χ3n) is 4.76. The molecule has 0 spiro atoms. The van der Waals surface area contributed by atoms with Crippen LogP contribution >= 0.6 is 0 Å². The highest BCUT2D eigenvalue weighted by Crippen LogP contribution is 2.38. The van der Waals surface area contributed by atoms with Gasteiger partial charge in [0.15, 0.2) is 5.82 Å². The lowest BCUT2D eigenvalue weighted by molar-refractivity contribution is -0.131. The molecule has 0 aromatic carbocycles. The third-order valence-corrected chi connectivity index (χ3v) is 4.76. The van der Waals surface area contributed by atoms with Gasteiger partial charge in [-0.15, -0.1) is 0 Å². The summed E-state index contributed by atoms with van der Waals surface area (Å²) < 4.78 is 5.28. The lowest BCUT2D eigenvalue weighted by atomic mass is 10.2. The van der Waals surface area contributed by atoms with Gasteiger partial charge in [0.25, 0.3) is 0 Å². The molecule has 7 nitrogen and oxygen atoms in total. The number of rotatable bonds is 7. The molecule has 7 heteroatoms. The summed E-state index contributed by atoms with van der Waals surface area (Å²) >= 11 is 0. The fraction of sp³-hybridized carbons (Fsp3) is 0.812. The van der Waals surface area contributed by atoms with Gasteiger partial charge in [0.2, 0.25) is 11.8 Å². The number of carbonyl (C=O) groups is 1. The Morgan fingerprint density at radius 1 is 1.48 bits per heavy atom. The highest BCUT2D eigenvalue weighted by Gasteiger charge is 2.33. The van der Waals surface area contributed by atoms with E-state index in [0.717, 1.165) is 38.8 Å². The Bertz CT molecular complexity index is 543. The molecule has 2 fully saturated rings. The van der Waals surface area contributed by atoms with E-state index in [2.05, 4.69) is 15.0 Å². The highest BCUT2D eigenvalue weighted by molar-refractivity contribution is 5.73. The zero-order chi connectivity index (χ0) is 16.4. The number of β-amino-alcohol motifs (C(OH)–C–C–N with tert-alkyl or cyclic N) is 1. The van der Waals surface area contributed by atoms with Crippen LogP contribution in [0.5, 0.6) is 0 Å². The molecule has 1 aromatic heterocycles. The van der Waals surface area contributed by atoms with Gasteiger partial charge in [-0.25, -0.2) is 0 Å². The van der Waals surface area contributed by atoms with E-state index in [0.29, 0.717) is 30.7 Å². The largest absolute Gasteiger partial charge is 0.392 e. The first-order valence-corrected chi connectivity index (χ1v) is 8.57. The average molecular weight is 322 g/mol. The van der Waals surface area contributed by atoms with E-state index in [1.807, 2.05) is 11.8 Å². The summed E-state index contributed by atoms with van der Waals surface area (Å²) in [5.41, 5.74) is 0. The quantitative estimate of drug-likeness (QED) is 0.810. The molecule has 1 saturated heterocycles. The summed E-state index contributed by atoms with van der Waals surface area (Å²) in [5, 5.41) is 13.8. The molecular weight excluding hydrogens is 296 g/mol. The maximum Gasteiger partial charge on any atom is 0.229 e. The molecule has 0 radical (unpaired) electrons. The van der Waals surface area contributed by atoms with Crippen LogP contribution in [-0.4, -0.2) is 62.7 Å². The average Bonchev–Trinajstić information content (AvgIpc) is 3.10. The van der Waals surface area contributed by atoms with Crippen molar-refractivity contribution in [2.45, 2.75) is 64.1 Å². The van der Waals surface area contributed by atoms with Crippen LogP contribution in [0, 0.1) is 0 Å². The minimum absolute atomic E-state index is 0.0330. The number of carbonyl (C=O) groups excluding carboxylic acids is 1. The minimum Gasteiger partial charge on any atom is -0.392 e. The maximum atomic E-state index is 12.0. The van der Waals surface area contributed by atoms with Crippen LogP contribution in [0.15, 0.2) is 4.52 Å². The second-order valence-corrected chi connectivity index (χ2v) is 6.73. The normalized spacial score (nSPS) is 23.2. The van der Waals surface area contributed by atoms with Crippen LogP contribution in [0.2, 0.25) is 0 Å². The molecule has 23 heavy (non-hydrogen) atoms. The van der Waals surface area contributed by atoms with Gasteiger partial charge >= 0.3 is 0 Å². The summed E-state index contributed by atoms with van der Waals surface area (Å²) in [5.74, 6) is 1.77. The predicted molar refractivity (Wildman–Crippen MR) is 83.6 cm³/mol. The summed E-state index contributed by atoms with van der Waals surface area (Å²) in [7, 11) is 0. The summed E-state index contributed by atoms with van der Waals surface area (Å²) in [4.78, 5) is 20.5. The summed E-state index contributed by atoms with van der Waals surface area (Å²) in [6, 6.07) is 0.152. The highest BCUT2D eigenvalue weighted by atomic mass is 16.5. The van der Waals surface area contributed by atoms with E-state index in [-0.39, 0.29) is 18.1 Å². The molecule has 1 N–H and O–H groups in total. The van der Waals surface area contributed by atoms with E-state index >= 15 is 0 Å². The van der Waals surface area contributed by atoms with E-state index < -0.39 is 0 Å². The van der Waals surface area contributed by atoms with Gasteiger partial charge in [-0.2, -0.15) is 4.98 Å². The van der Waals surface area contributed by atoms with Gasteiger partial charge < -0.3 is 14.5 Å². The molecule has 2 heterocycles. The lowest BCUT2D eigenvalue weighted by Crippen LogP contribution is -2.41. The molecule has 2 atom stereocenters. The number of aromatic nitrogens is 2. The van der Waals surface area contributed by atoms with Gasteiger partial charge in [0, 0.05) is 38.5 Å². The van der Waals surface area contributed by atoms with Crippen molar-refractivity contribution in [1.82, 2.24) is 19.9 Å². The maximum absolute atomic E-state index is 12.0. The van der Waals surface area contributed by atoms with Gasteiger partial charge in [0.05, 0.1) is 12.6 Å². The monoisotopic (exact) mass is 322 g/mol. The molecule has 1 aromatic rings. The van der Waals surface area contributed by atoms with Gasteiger partial charge in [-0.1, -0.05) is 12.1 Å². The Morgan fingerprint density at radius 3 is 2.91 bits per heavy atom. The van der Waals surface area contributed by atoms with Gasteiger partial charge in [0.1, 0.15) is 0 Å². The fourth-order valence-corrected chi connectivity index (χ4v) is 3.14. The number of aliphatic hydroxyl groups excluding tert-OH is 1. The van der Waals surface area contributed by atoms with Crippen LogP contribution in [0.3, 0.4) is 0 Å². The number of likely N-dealkylation sites (tertiary alicyclic amines) is 1. The second-order valence-electron chi connectivity index (χ2n) is 6.73. The number of amides is 1. The standard InChI is InChI=1S/C16H26N4O3/c1-3-14(22)9-19-7-6-13(8-19)20(11(2)21)10-15-17-16(23-18-15)12-4-5-12/h12-14,22H,3-10H2,1-2H3/t13-,14-/m0/s1. The smallest absolute Gasteiger partial charge is 0.229 e. The van der Waals surface area contributed by atoms with Crippen molar-refractivity contribution in [3.8, 4) is 0 Å². The van der Waals surface area contributed by atoms with Crippen molar-refractivity contribution in [1.29, 1.82) is 0 Å². The first-order chi connectivity index (χ1) is 11.1. The first kappa shape index (κ1) is 16.4. The Kier molecular flexibility index (Phi) is 4.96. The van der Waals surface area contributed by atoms with Crippen molar-refractivity contribution < 1.29 is 14.4 Å². The minimum atomic E-state index is -0.294. The van der Waals surface area contributed by atoms with Crippen LogP contribution < -0.4 is 0 Å².